The van der Waals surface area contributed by atoms with Gasteiger partial charge in [-0.05, 0) is 19.9 Å². The molecule has 0 amide bonds. The minimum Gasteiger partial charge on any atom is -0.493 e. The Bertz CT molecular complexity index is 377. The van der Waals surface area contributed by atoms with Gasteiger partial charge in [-0.3, -0.25) is 4.79 Å². The lowest BCUT2D eigenvalue weighted by molar-refractivity contribution is -0.142. The van der Waals surface area contributed by atoms with E-state index in [9.17, 15) is 4.79 Å². The van der Waals surface area contributed by atoms with Gasteiger partial charge in [0.05, 0.1) is 19.6 Å². The highest BCUT2D eigenvalue weighted by Crippen LogP contribution is 2.29. The zero-order valence-corrected chi connectivity index (χ0v) is 9.82. The van der Waals surface area contributed by atoms with E-state index in [1.54, 1.807) is 25.1 Å². The van der Waals surface area contributed by atoms with Crippen molar-refractivity contribution in [2.24, 2.45) is 0 Å². The largest absolute Gasteiger partial charge is 0.493 e. The second kappa shape index (κ2) is 5.39. The SMILES string of the molecule is CCOc1cc(N)ccc1C(C)C(=O)OC. The van der Waals surface area contributed by atoms with E-state index in [1.165, 1.54) is 7.11 Å². The lowest BCUT2D eigenvalue weighted by Crippen LogP contribution is -2.12. The van der Waals surface area contributed by atoms with Gasteiger partial charge in [-0.2, -0.15) is 0 Å². The first-order chi connectivity index (χ1) is 7.60. The Hall–Kier alpha value is -1.71. The number of carbonyl (C=O) groups excluding carboxylic acids is 1. The van der Waals surface area contributed by atoms with Gasteiger partial charge in [0.25, 0.3) is 0 Å². The number of esters is 1. The predicted octanol–water partition coefficient (Wildman–Crippen LogP) is 1.94. The number of nitrogens with two attached hydrogens (primary N) is 1. The van der Waals surface area contributed by atoms with Crippen LogP contribution in [0.3, 0.4) is 0 Å². The number of rotatable bonds is 4. The summed E-state index contributed by atoms with van der Waals surface area (Å²) in [7, 11) is 1.37. The molecule has 88 valence electrons. The normalized spacial score (nSPS) is 11.9. The average Bonchev–Trinajstić information content (AvgIpc) is 2.28. The Morgan fingerprint density at radius 3 is 2.75 bits per heavy atom. The Morgan fingerprint density at radius 1 is 1.50 bits per heavy atom. The van der Waals surface area contributed by atoms with Crippen LogP contribution in [-0.4, -0.2) is 19.7 Å². The summed E-state index contributed by atoms with van der Waals surface area (Å²) in [5, 5.41) is 0. The smallest absolute Gasteiger partial charge is 0.312 e. The zero-order valence-electron chi connectivity index (χ0n) is 9.82. The molecule has 1 aromatic carbocycles. The van der Waals surface area contributed by atoms with Gasteiger partial charge < -0.3 is 15.2 Å². The molecular weight excluding hydrogens is 206 g/mol. The van der Waals surface area contributed by atoms with Crippen molar-refractivity contribution in [3.8, 4) is 5.75 Å². The van der Waals surface area contributed by atoms with E-state index >= 15 is 0 Å². The number of benzene rings is 1. The predicted molar refractivity (Wildman–Crippen MR) is 62.5 cm³/mol. The molecule has 0 saturated heterocycles. The Labute approximate surface area is 95.3 Å². The third-order valence-corrected chi connectivity index (χ3v) is 2.36. The van der Waals surface area contributed by atoms with Crippen LogP contribution in [0.4, 0.5) is 5.69 Å². The van der Waals surface area contributed by atoms with E-state index in [4.69, 9.17) is 15.2 Å². The molecule has 1 aromatic rings. The standard InChI is InChI=1S/C12H17NO3/c1-4-16-11-7-9(13)5-6-10(11)8(2)12(14)15-3/h5-8H,4,13H2,1-3H3. The maximum Gasteiger partial charge on any atom is 0.312 e. The summed E-state index contributed by atoms with van der Waals surface area (Å²) in [6, 6.07) is 5.26. The summed E-state index contributed by atoms with van der Waals surface area (Å²) in [5.41, 5.74) is 7.08. The highest BCUT2D eigenvalue weighted by atomic mass is 16.5. The molecule has 0 bridgehead atoms. The van der Waals surface area contributed by atoms with Crippen molar-refractivity contribution in [2.45, 2.75) is 19.8 Å². The van der Waals surface area contributed by atoms with Crippen molar-refractivity contribution in [3.05, 3.63) is 23.8 Å². The molecule has 0 saturated carbocycles. The van der Waals surface area contributed by atoms with Crippen LogP contribution < -0.4 is 10.5 Å². The number of anilines is 1. The van der Waals surface area contributed by atoms with Gasteiger partial charge >= 0.3 is 5.97 Å². The van der Waals surface area contributed by atoms with Crippen LogP contribution in [0.5, 0.6) is 5.75 Å². The lowest BCUT2D eigenvalue weighted by atomic mass is 10.00. The molecular formula is C12H17NO3. The molecule has 1 unspecified atom stereocenters. The Kier molecular flexibility index (Phi) is 4.17. The summed E-state index contributed by atoms with van der Waals surface area (Å²) >= 11 is 0. The van der Waals surface area contributed by atoms with Gasteiger partial charge in [-0.1, -0.05) is 6.07 Å². The molecule has 0 aliphatic heterocycles. The zero-order chi connectivity index (χ0) is 12.1. The highest BCUT2D eigenvalue weighted by Gasteiger charge is 2.19. The first kappa shape index (κ1) is 12.4. The Morgan fingerprint density at radius 2 is 2.19 bits per heavy atom. The van der Waals surface area contributed by atoms with Gasteiger partial charge in [-0.25, -0.2) is 0 Å². The molecule has 4 nitrogen and oxygen atoms in total. The first-order valence-electron chi connectivity index (χ1n) is 5.20. The quantitative estimate of drug-likeness (QED) is 0.626. The maximum absolute atomic E-state index is 11.4. The molecule has 0 aromatic heterocycles. The monoisotopic (exact) mass is 223 g/mol. The molecule has 0 fully saturated rings. The fourth-order valence-corrected chi connectivity index (χ4v) is 1.49. The minimum absolute atomic E-state index is 0.286. The average molecular weight is 223 g/mol. The molecule has 16 heavy (non-hydrogen) atoms. The molecule has 1 atom stereocenters. The van der Waals surface area contributed by atoms with E-state index in [-0.39, 0.29) is 11.9 Å². The van der Waals surface area contributed by atoms with Gasteiger partial charge in [0.2, 0.25) is 0 Å². The molecule has 4 heteroatoms. The summed E-state index contributed by atoms with van der Waals surface area (Å²) in [5.74, 6) is -0.00160. The molecule has 1 rings (SSSR count). The fourth-order valence-electron chi connectivity index (χ4n) is 1.49. The number of hydrogen-bond acceptors (Lipinski definition) is 4. The number of hydrogen-bond donors (Lipinski definition) is 1. The van der Waals surface area contributed by atoms with Gasteiger partial charge in [0.15, 0.2) is 0 Å². The van der Waals surface area contributed by atoms with Crippen LogP contribution in [0, 0.1) is 0 Å². The molecule has 0 aliphatic carbocycles. The molecule has 2 N–H and O–H groups in total. The minimum atomic E-state index is -0.354. The van der Waals surface area contributed by atoms with Crippen LogP contribution in [0.2, 0.25) is 0 Å². The summed E-state index contributed by atoms with van der Waals surface area (Å²) in [6.45, 7) is 4.19. The van der Waals surface area contributed by atoms with Crippen molar-refractivity contribution in [3.63, 3.8) is 0 Å². The van der Waals surface area contributed by atoms with Crippen LogP contribution in [0.15, 0.2) is 18.2 Å². The summed E-state index contributed by atoms with van der Waals surface area (Å²) < 4.78 is 10.1. The maximum atomic E-state index is 11.4. The molecule has 0 aliphatic rings. The molecule has 0 radical (unpaired) electrons. The van der Waals surface area contributed by atoms with Crippen molar-refractivity contribution >= 4 is 11.7 Å². The first-order valence-corrected chi connectivity index (χ1v) is 5.20. The van der Waals surface area contributed by atoms with Crippen molar-refractivity contribution in [2.75, 3.05) is 19.5 Å². The third kappa shape index (κ3) is 2.66. The lowest BCUT2D eigenvalue weighted by Gasteiger charge is -2.15. The number of carbonyl (C=O) groups is 1. The Balaban J connectivity index is 3.06. The van der Waals surface area contributed by atoms with Gasteiger partial charge in [0.1, 0.15) is 5.75 Å². The van der Waals surface area contributed by atoms with Crippen LogP contribution in [0.1, 0.15) is 25.3 Å². The fraction of sp³-hybridized carbons (Fsp3) is 0.417. The second-order valence-corrected chi connectivity index (χ2v) is 3.48. The van der Waals surface area contributed by atoms with E-state index in [1.807, 2.05) is 6.92 Å². The summed E-state index contributed by atoms with van der Waals surface area (Å²) in [4.78, 5) is 11.4. The number of nitrogen functional groups attached to an aromatic ring is 1. The van der Waals surface area contributed by atoms with Crippen molar-refractivity contribution in [1.29, 1.82) is 0 Å². The van der Waals surface area contributed by atoms with E-state index < -0.39 is 0 Å². The number of methoxy groups -OCH3 is 1. The van der Waals surface area contributed by atoms with Crippen molar-refractivity contribution in [1.82, 2.24) is 0 Å². The van der Waals surface area contributed by atoms with Gasteiger partial charge in [0, 0.05) is 17.3 Å². The van der Waals surface area contributed by atoms with Crippen LogP contribution in [0.25, 0.3) is 0 Å². The third-order valence-electron chi connectivity index (χ3n) is 2.36. The van der Waals surface area contributed by atoms with Crippen molar-refractivity contribution < 1.29 is 14.3 Å². The van der Waals surface area contributed by atoms with Crippen LogP contribution in [-0.2, 0) is 9.53 Å². The van der Waals surface area contributed by atoms with E-state index in [0.29, 0.717) is 18.0 Å². The van der Waals surface area contributed by atoms with Crippen LogP contribution >= 0.6 is 0 Å². The van der Waals surface area contributed by atoms with E-state index in [0.717, 1.165) is 5.56 Å². The van der Waals surface area contributed by atoms with Gasteiger partial charge in [-0.15, -0.1) is 0 Å². The number of ether oxygens (including phenoxy) is 2. The summed E-state index contributed by atoms with van der Waals surface area (Å²) in [6.07, 6.45) is 0. The highest BCUT2D eigenvalue weighted by molar-refractivity contribution is 5.79. The van der Waals surface area contributed by atoms with E-state index in [2.05, 4.69) is 0 Å². The molecule has 0 heterocycles. The molecule has 0 spiro atoms. The topological polar surface area (TPSA) is 61.5 Å². The second-order valence-electron chi connectivity index (χ2n) is 3.48.